The van der Waals surface area contributed by atoms with E-state index in [-0.39, 0.29) is 11.9 Å². The van der Waals surface area contributed by atoms with Gasteiger partial charge in [0, 0.05) is 13.0 Å². The molecule has 2 aromatic rings. The quantitative estimate of drug-likeness (QED) is 0.660. The summed E-state index contributed by atoms with van der Waals surface area (Å²) >= 11 is 0. The van der Waals surface area contributed by atoms with Crippen LogP contribution >= 0.6 is 0 Å². The van der Waals surface area contributed by atoms with Crippen LogP contribution in [-0.2, 0) is 11.2 Å². The Morgan fingerprint density at radius 1 is 1.03 bits per heavy atom. The summed E-state index contributed by atoms with van der Waals surface area (Å²) in [7, 11) is 1.66. The van der Waals surface area contributed by atoms with E-state index in [0.29, 0.717) is 19.6 Å². The Labute approximate surface area is 174 Å². The number of likely N-dealkylation sites (tertiary alicyclic amines) is 1. The van der Waals surface area contributed by atoms with Crippen molar-refractivity contribution in [1.82, 2.24) is 10.2 Å². The molecule has 0 bridgehead atoms. The van der Waals surface area contributed by atoms with Gasteiger partial charge in [-0.05, 0) is 74.7 Å². The Bertz CT molecular complexity index is 753. The molecule has 0 spiro atoms. The maximum absolute atomic E-state index is 12.5. The lowest BCUT2D eigenvalue weighted by Crippen LogP contribution is -2.36. The average molecular weight is 397 g/mol. The highest BCUT2D eigenvalue weighted by Crippen LogP contribution is 2.26. The summed E-state index contributed by atoms with van der Waals surface area (Å²) in [5, 5.41) is 3.15. The number of rotatable bonds is 10. The van der Waals surface area contributed by atoms with E-state index in [9.17, 15) is 4.79 Å². The zero-order valence-electron chi connectivity index (χ0n) is 17.5. The van der Waals surface area contributed by atoms with E-state index in [2.05, 4.69) is 22.3 Å². The average Bonchev–Trinajstić information content (AvgIpc) is 3.29. The minimum atomic E-state index is 0.0935. The normalized spacial score (nSPS) is 15.1. The molecule has 5 nitrogen and oxygen atoms in total. The number of carbonyl (C=O) groups excluding carboxylic acids is 1. The topological polar surface area (TPSA) is 50.8 Å². The third kappa shape index (κ3) is 6.23. The molecule has 0 aliphatic carbocycles. The molecule has 1 atom stereocenters. The summed E-state index contributed by atoms with van der Waals surface area (Å²) < 4.78 is 10.7. The highest BCUT2D eigenvalue weighted by atomic mass is 16.5. The van der Waals surface area contributed by atoms with E-state index in [4.69, 9.17) is 9.47 Å². The molecule has 0 radical (unpaired) electrons. The minimum absolute atomic E-state index is 0.0935. The standard InChI is InChI=1S/C24H32N2O3/c1-3-29-22-13-9-20(10-14-22)23(26-16-4-5-17-26)18-25-24(27)15-8-19-6-11-21(28-2)12-7-19/h6-7,9-14,23H,3-5,8,15-18H2,1-2H3,(H,25,27). The Morgan fingerprint density at radius 3 is 2.31 bits per heavy atom. The summed E-state index contributed by atoms with van der Waals surface area (Å²) in [4.78, 5) is 14.9. The second-order valence-corrected chi connectivity index (χ2v) is 7.41. The minimum Gasteiger partial charge on any atom is -0.497 e. The van der Waals surface area contributed by atoms with Crippen LogP contribution in [0, 0.1) is 0 Å². The van der Waals surface area contributed by atoms with E-state index in [1.165, 1.54) is 18.4 Å². The Morgan fingerprint density at radius 2 is 1.69 bits per heavy atom. The van der Waals surface area contributed by atoms with Crippen molar-refractivity contribution in [2.45, 2.75) is 38.6 Å². The third-order valence-electron chi connectivity index (χ3n) is 5.45. The number of benzene rings is 2. The van der Waals surface area contributed by atoms with Gasteiger partial charge in [-0.2, -0.15) is 0 Å². The molecule has 156 valence electrons. The first kappa shape index (κ1) is 21.2. The molecule has 1 unspecified atom stereocenters. The first-order valence-electron chi connectivity index (χ1n) is 10.6. The molecule has 3 rings (SSSR count). The predicted octanol–water partition coefficient (Wildman–Crippen LogP) is 3.98. The van der Waals surface area contributed by atoms with Crippen LogP contribution in [0.3, 0.4) is 0 Å². The van der Waals surface area contributed by atoms with Crippen LogP contribution in [0.15, 0.2) is 48.5 Å². The molecule has 1 fully saturated rings. The van der Waals surface area contributed by atoms with E-state index >= 15 is 0 Å². The first-order valence-corrected chi connectivity index (χ1v) is 10.6. The second-order valence-electron chi connectivity index (χ2n) is 7.41. The molecule has 1 N–H and O–H groups in total. The van der Waals surface area contributed by atoms with Crippen LogP contribution in [0.25, 0.3) is 0 Å². The van der Waals surface area contributed by atoms with Crippen molar-refractivity contribution >= 4 is 5.91 Å². The van der Waals surface area contributed by atoms with Gasteiger partial charge in [-0.3, -0.25) is 9.69 Å². The first-order chi connectivity index (χ1) is 14.2. The van der Waals surface area contributed by atoms with Crippen molar-refractivity contribution in [1.29, 1.82) is 0 Å². The Balaban J connectivity index is 1.55. The molecule has 2 aromatic carbocycles. The van der Waals surface area contributed by atoms with E-state index in [0.717, 1.165) is 36.6 Å². The van der Waals surface area contributed by atoms with E-state index < -0.39 is 0 Å². The van der Waals surface area contributed by atoms with Gasteiger partial charge in [-0.25, -0.2) is 0 Å². The maximum atomic E-state index is 12.5. The molecular formula is C24H32N2O3. The molecule has 5 heteroatoms. The van der Waals surface area contributed by atoms with Crippen molar-refractivity contribution in [3.05, 3.63) is 59.7 Å². The van der Waals surface area contributed by atoms with Crippen LogP contribution in [0.5, 0.6) is 11.5 Å². The fraction of sp³-hybridized carbons (Fsp3) is 0.458. The maximum Gasteiger partial charge on any atom is 0.220 e. The molecule has 1 aliphatic heterocycles. The van der Waals surface area contributed by atoms with Gasteiger partial charge in [0.25, 0.3) is 0 Å². The van der Waals surface area contributed by atoms with Crippen molar-refractivity contribution in [2.24, 2.45) is 0 Å². The van der Waals surface area contributed by atoms with Gasteiger partial charge in [-0.15, -0.1) is 0 Å². The number of carbonyl (C=O) groups is 1. The van der Waals surface area contributed by atoms with Gasteiger partial charge < -0.3 is 14.8 Å². The molecule has 1 aliphatic rings. The zero-order chi connectivity index (χ0) is 20.5. The Hall–Kier alpha value is -2.53. The second kappa shape index (κ2) is 10.9. The van der Waals surface area contributed by atoms with Crippen LogP contribution in [-0.4, -0.2) is 44.2 Å². The lowest BCUT2D eigenvalue weighted by atomic mass is 10.0. The molecular weight excluding hydrogens is 364 g/mol. The van der Waals surface area contributed by atoms with Crippen molar-refractivity contribution in [3.8, 4) is 11.5 Å². The van der Waals surface area contributed by atoms with Crippen LogP contribution in [0.1, 0.15) is 43.4 Å². The number of methoxy groups -OCH3 is 1. The molecule has 0 saturated carbocycles. The number of amides is 1. The van der Waals surface area contributed by atoms with Gasteiger partial charge in [-0.1, -0.05) is 24.3 Å². The Kier molecular flexibility index (Phi) is 7.94. The van der Waals surface area contributed by atoms with E-state index in [1.807, 2.05) is 43.3 Å². The molecule has 1 amide bonds. The zero-order valence-corrected chi connectivity index (χ0v) is 17.5. The SMILES string of the molecule is CCOc1ccc(C(CNC(=O)CCc2ccc(OC)cc2)N2CCCC2)cc1. The largest absolute Gasteiger partial charge is 0.497 e. The van der Waals surface area contributed by atoms with E-state index in [1.54, 1.807) is 7.11 Å². The highest BCUT2D eigenvalue weighted by Gasteiger charge is 2.24. The highest BCUT2D eigenvalue weighted by molar-refractivity contribution is 5.76. The molecule has 1 saturated heterocycles. The number of ether oxygens (including phenoxy) is 2. The van der Waals surface area contributed by atoms with Gasteiger partial charge in [0.2, 0.25) is 5.91 Å². The van der Waals surface area contributed by atoms with Crippen molar-refractivity contribution in [3.63, 3.8) is 0 Å². The smallest absolute Gasteiger partial charge is 0.220 e. The molecule has 29 heavy (non-hydrogen) atoms. The van der Waals surface area contributed by atoms with Gasteiger partial charge in [0.05, 0.1) is 19.8 Å². The van der Waals surface area contributed by atoms with Gasteiger partial charge in [0.15, 0.2) is 0 Å². The molecule has 0 aromatic heterocycles. The number of aryl methyl sites for hydroxylation is 1. The van der Waals surface area contributed by atoms with Crippen molar-refractivity contribution in [2.75, 3.05) is 33.4 Å². The summed E-state index contributed by atoms with van der Waals surface area (Å²) in [6.45, 7) is 5.45. The van der Waals surface area contributed by atoms with Crippen molar-refractivity contribution < 1.29 is 14.3 Å². The van der Waals surface area contributed by atoms with Gasteiger partial charge >= 0.3 is 0 Å². The van der Waals surface area contributed by atoms with Gasteiger partial charge in [0.1, 0.15) is 11.5 Å². The number of nitrogens with one attached hydrogen (secondary N) is 1. The fourth-order valence-electron chi connectivity index (χ4n) is 3.81. The van der Waals surface area contributed by atoms with Crippen LogP contribution in [0.2, 0.25) is 0 Å². The fourth-order valence-corrected chi connectivity index (χ4v) is 3.81. The van der Waals surface area contributed by atoms with Crippen LogP contribution in [0.4, 0.5) is 0 Å². The number of hydrogen-bond donors (Lipinski definition) is 1. The summed E-state index contributed by atoms with van der Waals surface area (Å²) in [6, 6.07) is 16.4. The predicted molar refractivity (Wildman–Crippen MR) is 115 cm³/mol. The lowest BCUT2D eigenvalue weighted by molar-refractivity contribution is -0.121. The number of nitrogens with zero attached hydrogens (tertiary/aromatic N) is 1. The summed E-state index contributed by atoms with van der Waals surface area (Å²) in [6.07, 6.45) is 3.66. The summed E-state index contributed by atoms with van der Waals surface area (Å²) in [5.74, 6) is 1.82. The third-order valence-corrected chi connectivity index (χ3v) is 5.45. The van der Waals surface area contributed by atoms with Crippen LogP contribution < -0.4 is 14.8 Å². The summed E-state index contributed by atoms with van der Waals surface area (Å²) in [5.41, 5.74) is 2.37. The number of hydrogen-bond acceptors (Lipinski definition) is 4. The monoisotopic (exact) mass is 396 g/mol. The molecule has 1 heterocycles. The lowest BCUT2D eigenvalue weighted by Gasteiger charge is -2.28.